The number of esters is 1. The normalized spacial score (nSPS) is 15.0. The molecule has 1 saturated heterocycles. The summed E-state index contributed by atoms with van der Waals surface area (Å²) in [5.41, 5.74) is 1.62. The van der Waals surface area contributed by atoms with Crippen LogP contribution in [0.3, 0.4) is 0 Å². The Balaban J connectivity index is 2.18. The van der Waals surface area contributed by atoms with Crippen LogP contribution in [0.4, 0.5) is 5.88 Å². The molecular weight excluding hydrogens is 298 g/mol. The van der Waals surface area contributed by atoms with Crippen molar-refractivity contribution in [1.82, 2.24) is 0 Å². The van der Waals surface area contributed by atoms with Gasteiger partial charge in [0.05, 0.1) is 24.2 Å². The number of hydrogen-bond donors (Lipinski definition) is 0. The van der Waals surface area contributed by atoms with Crippen molar-refractivity contribution in [3.05, 3.63) is 33.5 Å². The lowest BCUT2D eigenvalue weighted by atomic mass is 10.1. The molecule has 2 aromatic rings. The highest BCUT2D eigenvalue weighted by atomic mass is 16.5. The van der Waals surface area contributed by atoms with E-state index < -0.39 is 5.97 Å². The van der Waals surface area contributed by atoms with Crippen molar-refractivity contribution in [2.24, 2.45) is 0 Å². The van der Waals surface area contributed by atoms with E-state index in [2.05, 4.69) is 0 Å². The van der Waals surface area contributed by atoms with Crippen LogP contribution in [-0.2, 0) is 9.53 Å². The number of morpholine rings is 1. The average molecular weight is 317 g/mol. The minimum absolute atomic E-state index is 0.0646. The maximum Gasteiger partial charge on any atom is 0.308 e. The molecule has 0 aliphatic carbocycles. The van der Waals surface area contributed by atoms with Crippen LogP contribution in [0.15, 0.2) is 21.3 Å². The zero-order valence-electron chi connectivity index (χ0n) is 13.5. The molecule has 0 radical (unpaired) electrons. The predicted molar refractivity (Wildman–Crippen MR) is 86.3 cm³/mol. The Morgan fingerprint density at radius 1 is 1.17 bits per heavy atom. The Hall–Kier alpha value is -2.34. The molecule has 0 saturated carbocycles. The highest BCUT2D eigenvalue weighted by molar-refractivity contribution is 5.85. The molecule has 23 heavy (non-hydrogen) atoms. The van der Waals surface area contributed by atoms with Crippen molar-refractivity contribution in [2.45, 2.75) is 20.8 Å². The highest BCUT2D eigenvalue weighted by Gasteiger charge is 2.21. The minimum Gasteiger partial charge on any atom is -0.440 e. The van der Waals surface area contributed by atoms with E-state index in [1.54, 1.807) is 26.0 Å². The van der Waals surface area contributed by atoms with Crippen molar-refractivity contribution in [2.75, 3.05) is 31.2 Å². The molecular formula is C17H19NO5. The van der Waals surface area contributed by atoms with E-state index >= 15 is 0 Å². The monoisotopic (exact) mass is 317 g/mol. The maximum absolute atomic E-state index is 12.7. The minimum atomic E-state index is -0.407. The Bertz CT molecular complexity index is 818. The molecule has 0 atom stereocenters. The summed E-state index contributed by atoms with van der Waals surface area (Å²) >= 11 is 0. The number of nitrogens with zero attached hydrogens (tertiary/aromatic N) is 1. The van der Waals surface area contributed by atoms with Crippen molar-refractivity contribution in [3.8, 4) is 5.75 Å². The van der Waals surface area contributed by atoms with Gasteiger partial charge >= 0.3 is 5.97 Å². The summed E-state index contributed by atoms with van der Waals surface area (Å²) in [6.45, 7) is 7.46. The Labute approximate surface area is 133 Å². The number of hydrogen-bond acceptors (Lipinski definition) is 6. The van der Waals surface area contributed by atoms with E-state index in [9.17, 15) is 9.59 Å². The third-order valence-corrected chi connectivity index (χ3v) is 4.01. The summed E-state index contributed by atoms with van der Waals surface area (Å²) in [4.78, 5) is 25.9. The van der Waals surface area contributed by atoms with E-state index in [0.717, 1.165) is 0 Å². The number of benzene rings is 1. The van der Waals surface area contributed by atoms with Crippen LogP contribution in [0.2, 0.25) is 0 Å². The molecule has 0 bridgehead atoms. The first-order valence-corrected chi connectivity index (χ1v) is 7.57. The standard InChI is InChI=1S/C17H19NO5/c1-10-14(22-12(3)19)5-4-13-15(20)11(2)17(23-16(10)13)18-6-8-21-9-7-18/h4-5H,6-9H2,1-3H3. The molecule has 122 valence electrons. The fourth-order valence-electron chi connectivity index (χ4n) is 2.79. The quantitative estimate of drug-likeness (QED) is 0.624. The summed E-state index contributed by atoms with van der Waals surface area (Å²) < 4.78 is 16.6. The highest BCUT2D eigenvalue weighted by Crippen LogP contribution is 2.30. The summed E-state index contributed by atoms with van der Waals surface area (Å²) in [6.07, 6.45) is 0. The third-order valence-electron chi connectivity index (χ3n) is 4.01. The topological polar surface area (TPSA) is 69.0 Å². The van der Waals surface area contributed by atoms with Crippen molar-refractivity contribution in [3.63, 3.8) is 0 Å². The van der Waals surface area contributed by atoms with Gasteiger partial charge in [-0.2, -0.15) is 0 Å². The van der Waals surface area contributed by atoms with Crippen LogP contribution in [0.1, 0.15) is 18.1 Å². The van der Waals surface area contributed by atoms with Crippen LogP contribution in [0, 0.1) is 13.8 Å². The lowest BCUT2D eigenvalue weighted by molar-refractivity contribution is -0.131. The number of rotatable bonds is 2. The van der Waals surface area contributed by atoms with Gasteiger partial charge in [-0.3, -0.25) is 9.59 Å². The van der Waals surface area contributed by atoms with Crippen LogP contribution in [0.5, 0.6) is 5.75 Å². The Morgan fingerprint density at radius 3 is 2.52 bits per heavy atom. The van der Waals surface area contributed by atoms with Crippen molar-refractivity contribution >= 4 is 22.8 Å². The molecule has 1 aromatic heterocycles. The number of anilines is 1. The number of carbonyl (C=O) groups is 1. The molecule has 6 nitrogen and oxygen atoms in total. The molecule has 0 spiro atoms. The van der Waals surface area contributed by atoms with Crippen molar-refractivity contribution in [1.29, 1.82) is 0 Å². The molecule has 0 amide bonds. The van der Waals surface area contributed by atoms with Crippen molar-refractivity contribution < 1.29 is 18.7 Å². The molecule has 1 fully saturated rings. The van der Waals surface area contributed by atoms with Crippen LogP contribution in [-0.4, -0.2) is 32.3 Å². The summed E-state index contributed by atoms with van der Waals surface area (Å²) in [7, 11) is 0. The summed E-state index contributed by atoms with van der Waals surface area (Å²) in [5, 5.41) is 0.493. The van der Waals surface area contributed by atoms with Gasteiger partial charge in [0.15, 0.2) is 5.43 Å². The van der Waals surface area contributed by atoms with Gasteiger partial charge in [0.1, 0.15) is 11.3 Å². The first kappa shape index (κ1) is 15.6. The van der Waals surface area contributed by atoms with Gasteiger partial charge in [0, 0.05) is 25.6 Å². The average Bonchev–Trinajstić information content (AvgIpc) is 2.54. The van der Waals surface area contributed by atoms with E-state index in [1.165, 1.54) is 6.92 Å². The number of ether oxygens (including phenoxy) is 2. The summed E-state index contributed by atoms with van der Waals surface area (Å²) in [6, 6.07) is 3.27. The zero-order chi connectivity index (χ0) is 16.6. The molecule has 1 aromatic carbocycles. The molecule has 0 N–H and O–H groups in total. The van der Waals surface area contributed by atoms with Gasteiger partial charge in [0.2, 0.25) is 5.88 Å². The maximum atomic E-state index is 12.7. The lowest BCUT2D eigenvalue weighted by Crippen LogP contribution is -2.37. The second-order valence-electron chi connectivity index (χ2n) is 5.62. The second kappa shape index (κ2) is 6.04. The van der Waals surface area contributed by atoms with E-state index in [1.807, 2.05) is 4.90 Å². The summed E-state index contributed by atoms with van der Waals surface area (Å²) in [5.74, 6) is 0.564. The SMILES string of the molecule is CC(=O)Oc1ccc2c(=O)c(C)c(N3CCOCC3)oc2c1C. The van der Waals surface area contributed by atoms with Gasteiger partial charge in [-0.05, 0) is 26.0 Å². The van der Waals surface area contributed by atoms with E-state index in [4.69, 9.17) is 13.9 Å². The van der Waals surface area contributed by atoms with E-state index in [0.29, 0.717) is 60.0 Å². The van der Waals surface area contributed by atoms with Gasteiger partial charge in [-0.1, -0.05) is 0 Å². The first-order chi connectivity index (χ1) is 11.0. The third kappa shape index (κ3) is 2.82. The number of carbonyl (C=O) groups excluding carboxylic acids is 1. The number of fused-ring (bicyclic) bond motifs is 1. The second-order valence-corrected chi connectivity index (χ2v) is 5.62. The molecule has 3 rings (SSSR count). The number of aryl methyl sites for hydroxylation is 1. The largest absolute Gasteiger partial charge is 0.440 e. The van der Waals surface area contributed by atoms with Crippen LogP contribution >= 0.6 is 0 Å². The van der Waals surface area contributed by atoms with Gasteiger partial charge in [0.25, 0.3) is 0 Å². The molecule has 1 aliphatic rings. The van der Waals surface area contributed by atoms with E-state index in [-0.39, 0.29) is 5.43 Å². The first-order valence-electron chi connectivity index (χ1n) is 7.57. The molecule has 0 unspecified atom stereocenters. The molecule has 6 heteroatoms. The fraction of sp³-hybridized carbons (Fsp3) is 0.412. The zero-order valence-corrected chi connectivity index (χ0v) is 13.5. The Kier molecular flexibility index (Phi) is 4.09. The molecule has 2 heterocycles. The van der Waals surface area contributed by atoms with Gasteiger partial charge < -0.3 is 18.8 Å². The van der Waals surface area contributed by atoms with Crippen LogP contribution < -0.4 is 15.1 Å². The van der Waals surface area contributed by atoms with Gasteiger partial charge in [-0.15, -0.1) is 0 Å². The smallest absolute Gasteiger partial charge is 0.308 e. The fourth-order valence-corrected chi connectivity index (χ4v) is 2.79. The molecule has 1 aliphatic heterocycles. The van der Waals surface area contributed by atoms with Gasteiger partial charge in [-0.25, -0.2) is 0 Å². The lowest BCUT2D eigenvalue weighted by Gasteiger charge is -2.28. The predicted octanol–water partition coefficient (Wildman–Crippen LogP) is 2.17. The Morgan fingerprint density at radius 2 is 1.87 bits per heavy atom. The van der Waals surface area contributed by atoms with Crippen LogP contribution in [0.25, 0.3) is 11.0 Å².